The molecule has 1 fully saturated rings. The van der Waals surface area contributed by atoms with Crippen LogP contribution in [0.4, 0.5) is 19.0 Å². The zero-order chi connectivity index (χ0) is 21.5. The highest BCUT2D eigenvalue weighted by Crippen LogP contribution is 2.33. The molecule has 1 saturated heterocycles. The highest BCUT2D eigenvalue weighted by Gasteiger charge is 2.33. The monoisotopic (exact) mass is 428 g/mol. The molecule has 29 heavy (non-hydrogen) atoms. The van der Waals surface area contributed by atoms with E-state index in [-0.39, 0.29) is 22.5 Å². The zero-order valence-corrected chi connectivity index (χ0v) is 16.9. The van der Waals surface area contributed by atoms with E-state index >= 15 is 0 Å². The number of anilines is 1. The lowest BCUT2D eigenvalue weighted by atomic mass is 10.1. The van der Waals surface area contributed by atoms with Crippen LogP contribution in [0.5, 0.6) is 0 Å². The Morgan fingerprint density at radius 3 is 2.28 bits per heavy atom. The van der Waals surface area contributed by atoms with Gasteiger partial charge in [0.25, 0.3) is 5.91 Å². The molecular weight excluding hydrogens is 409 g/mol. The molecule has 1 aliphatic rings. The summed E-state index contributed by atoms with van der Waals surface area (Å²) in [6, 6.07) is 0.857. The number of piperazine rings is 1. The smallest absolute Gasteiger partial charge is 0.354 e. The molecule has 0 atom stereocenters. The van der Waals surface area contributed by atoms with E-state index in [4.69, 9.17) is 11.6 Å². The van der Waals surface area contributed by atoms with Crippen molar-refractivity contribution in [3.05, 3.63) is 45.4 Å². The van der Waals surface area contributed by atoms with Gasteiger partial charge in [0.1, 0.15) is 11.5 Å². The van der Waals surface area contributed by atoms with Crippen LogP contribution in [0.1, 0.15) is 44.6 Å². The lowest BCUT2D eigenvalue weighted by Crippen LogP contribution is -2.49. The van der Waals surface area contributed by atoms with Crippen LogP contribution in [0.3, 0.4) is 0 Å². The summed E-state index contributed by atoms with van der Waals surface area (Å²) in [6.07, 6.45) is -3.75. The quantitative estimate of drug-likeness (QED) is 0.754. The van der Waals surface area contributed by atoms with Crippen LogP contribution < -0.4 is 4.90 Å². The SMILES string of the molecule is CC(=O)c1c(C)[nH]c(C(=O)N2CCN(c3ncc(C(F)(F)F)cc3Cl)CC2)c1C. The van der Waals surface area contributed by atoms with Gasteiger partial charge in [-0.1, -0.05) is 11.6 Å². The van der Waals surface area contributed by atoms with E-state index in [9.17, 15) is 22.8 Å². The van der Waals surface area contributed by atoms with Crippen LogP contribution in [-0.2, 0) is 6.18 Å². The number of nitrogens with one attached hydrogen (secondary N) is 1. The van der Waals surface area contributed by atoms with Crippen LogP contribution in [0.15, 0.2) is 12.3 Å². The molecule has 10 heteroatoms. The fourth-order valence-corrected chi connectivity index (χ4v) is 3.88. The van der Waals surface area contributed by atoms with E-state index < -0.39 is 11.7 Å². The van der Waals surface area contributed by atoms with Crippen molar-refractivity contribution >= 4 is 29.1 Å². The van der Waals surface area contributed by atoms with Crippen LogP contribution in [0.25, 0.3) is 0 Å². The van der Waals surface area contributed by atoms with Crippen LogP contribution in [0.2, 0.25) is 5.02 Å². The Bertz CT molecular complexity index is 963. The summed E-state index contributed by atoms with van der Waals surface area (Å²) in [5.74, 6) is -0.0649. The number of aryl methyl sites for hydroxylation is 1. The van der Waals surface area contributed by atoms with Crippen molar-refractivity contribution in [1.82, 2.24) is 14.9 Å². The number of rotatable bonds is 3. The highest BCUT2D eigenvalue weighted by atomic mass is 35.5. The average molecular weight is 429 g/mol. The van der Waals surface area contributed by atoms with Gasteiger partial charge in [0.2, 0.25) is 0 Å². The highest BCUT2D eigenvalue weighted by molar-refractivity contribution is 6.33. The van der Waals surface area contributed by atoms with Crippen molar-refractivity contribution < 1.29 is 22.8 Å². The van der Waals surface area contributed by atoms with Gasteiger partial charge in [0.15, 0.2) is 5.78 Å². The molecule has 0 radical (unpaired) electrons. The molecule has 2 aromatic rings. The lowest BCUT2D eigenvalue weighted by molar-refractivity contribution is -0.137. The fourth-order valence-electron chi connectivity index (χ4n) is 3.59. The number of amides is 1. The second-order valence-electron chi connectivity index (χ2n) is 6.99. The van der Waals surface area contributed by atoms with E-state index in [0.717, 1.165) is 12.3 Å². The van der Waals surface area contributed by atoms with Crippen molar-refractivity contribution in [2.24, 2.45) is 0 Å². The maximum Gasteiger partial charge on any atom is 0.417 e. The molecule has 0 aliphatic carbocycles. The summed E-state index contributed by atoms with van der Waals surface area (Å²) >= 11 is 6.01. The summed E-state index contributed by atoms with van der Waals surface area (Å²) in [4.78, 5) is 34.9. The molecule has 1 amide bonds. The Morgan fingerprint density at radius 1 is 1.17 bits per heavy atom. The number of aromatic nitrogens is 2. The number of hydrogen-bond acceptors (Lipinski definition) is 4. The first-order valence-corrected chi connectivity index (χ1v) is 9.35. The standard InChI is InChI=1S/C19H20ClF3N4O2/c1-10-15(12(3)28)11(2)25-16(10)18(29)27-6-4-26(5-7-27)17-14(20)8-13(9-24-17)19(21,22)23/h8-9,25H,4-7H2,1-3H3. The molecule has 1 aliphatic heterocycles. The van der Waals surface area contributed by atoms with Gasteiger partial charge in [-0.25, -0.2) is 4.98 Å². The van der Waals surface area contributed by atoms with E-state index in [1.807, 2.05) is 0 Å². The summed E-state index contributed by atoms with van der Waals surface area (Å²) in [5, 5.41) is -0.0819. The molecule has 156 valence electrons. The number of nitrogens with zero attached hydrogens (tertiary/aromatic N) is 3. The first-order valence-electron chi connectivity index (χ1n) is 8.97. The summed E-state index contributed by atoms with van der Waals surface area (Å²) in [7, 11) is 0. The third-order valence-corrected chi connectivity index (χ3v) is 5.30. The van der Waals surface area contributed by atoms with Gasteiger partial charge >= 0.3 is 6.18 Å². The minimum absolute atomic E-state index is 0.0819. The number of pyridine rings is 1. The summed E-state index contributed by atoms with van der Waals surface area (Å²) in [5.41, 5.74) is 1.27. The molecule has 0 unspecified atom stereocenters. The maximum absolute atomic E-state index is 12.9. The van der Waals surface area contributed by atoms with E-state index in [1.165, 1.54) is 6.92 Å². The Hall–Kier alpha value is -2.55. The normalized spacial score (nSPS) is 15.0. The minimum Gasteiger partial charge on any atom is -0.354 e. The molecule has 3 heterocycles. The molecule has 0 bridgehead atoms. The van der Waals surface area contributed by atoms with Gasteiger partial charge in [0.05, 0.1) is 10.6 Å². The Balaban J connectivity index is 1.72. The lowest BCUT2D eigenvalue weighted by Gasteiger charge is -2.35. The molecule has 2 aromatic heterocycles. The number of aromatic amines is 1. The minimum atomic E-state index is -4.51. The number of halogens is 4. The van der Waals surface area contributed by atoms with Crippen molar-refractivity contribution in [3.63, 3.8) is 0 Å². The second kappa shape index (κ2) is 7.70. The summed E-state index contributed by atoms with van der Waals surface area (Å²) in [6.45, 7) is 6.39. The van der Waals surface area contributed by atoms with Gasteiger partial charge in [0, 0.05) is 43.6 Å². The van der Waals surface area contributed by atoms with Gasteiger partial charge < -0.3 is 14.8 Å². The van der Waals surface area contributed by atoms with Crippen LogP contribution in [-0.4, -0.2) is 52.7 Å². The Labute approximate surface area is 170 Å². The number of carbonyl (C=O) groups excluding carboxylic acids is 2. The Kier molecular flexibility index (Phi) is 5.62. The van der Waals surface area contributed by atoms with Gasteiger partial charge in [-0.3, -0.25) is 9.59 Å². The molecule has 0 saturated carbocycles. The molecule has 1 N–H and O–H groups in total. The first kappa shape index (κ1) is 21.2. The predicted octanol–water partition coefficient (Wildman–Crippen LogP) is 3.86. The number of Topliss-reactive ketones (excluding diaryl/α,β-unsaturated/α-hetero) is 1. The van der Waals surface area contributed by atoms with Crippen LogP contribution >= 0.6 is 11.6 Å². The topological polar surface area (TPSA) is 69.3 Å². The van der Waals surface area contributed by atoms with E-state index in [2.05, 4.69) is 9.97 Å². The molecule has 6 nitrogen and oxygen atoms in total. The zero-order valence-electron chi connectivity index (χ0n) is 16.2. The molecule has 0 aromatic carbocycles. The number of hydrogen-bond donors (Lipinski definition) is 1. The van der Waals surface area contributed by atoms with Gasteiger partial charge in [-0.05, 0) is 32.4 Å². The van der Waals surface area contributed by atoms with Crippen molar-refractivity contribution in [3.8, 4) is 0 Å². The largest absolute Gasteiger partial charge is 0.417 e. The average Bonchev–Trinajstić information content (AvgIpc) is 2.95. The van der Waals surface area contributed by atoms with E-state index in [0.29, 0.717) is 48.7 Å². The first-order chi connectivity index (χ1) is 13.5. The number of ketones is 1. The summed E-state index contributed by atoms with van der Waals surface area (Å²) < 4.78 is 38.3. The third kappa shape index (κ3) is 4.10. The number of H-pyrrole nitrogens is 1. The molecular formula is C19H20ClF3N4O2. The Morgan fingerprint density at radius 2 is 1.79 bits per heavy atom. The predicted molar refractivity (Wildman–Crippen MR) is 103 cm³/mol. The van der Waals surface area contributed by atoms with Gasteiger partial charge in [-0.15, -0.1) is 0 Å². The van der Waals surface area contributed by atoms with E-state index in [1.54, 1.807) is 23.6 Å². The van der Waals surface area contributed by atoms with Gasteiger partial charge in [-0.2, -0.15) is 13.2 Å². The maximum atomic E-state index is 12.9. The number of alkyl halides is 3. The molecule has 3 rings (SSSR count). The second-order valence-corrected chi connectivity index (χ2v) is 7.39. The third-order valence-electron chi connectivity index (χ3n) is 5.02. The number of carbonyl (C=O) groups is 2. The fraction of sp³-hybridized carbons (Fsp3) is 0.421. The van der Waals surface area contributed by atoms with Crippen LogP contribution in [0, 0.1) is 13.8 Å². The molecule has 0 spiro atoms. The van der Waals surface area contributed by atoms with Crippen molar-refractivity contribution in [2.45, 2.75) is 26.9 Å². The van der Waals surface area contributed by atoms with Crippen molar-refractivity contribution in [2.75, 3.05) is 31.1 Å². The van der Waals surface area contributed by atoms with Crippen molar-refractivity contribution in [1.29, 1.82) is 0 Å².